The molecule has 0 amide bonds. The third kappa shape index (κ3) is 4.20. The van der Waals surface area contributed by atoms with Crippen LogP contribution < -0.4 is 14.8 Å². The third-order valence-corrected chi connectivity index (χ3v) is 7.67. The normalized spacial score (nSPS) is 21.1. The second-order valence-corrected chi connectivity index (χ2v) is 10.0. The van der Waals surface area contributed by atoms with E-state index in [4.69, 9.17) is 4.74 Å². The number of nitrogens with one attached hydrogen (secondary N) is 2. The highest BCUT2D eigenvalue weighted by molar-refractivity contribution is 7.92. The Labute approximate surface area is 193 Å². The fourth-order valence-electron chi connectivity index (χ4n) is 4.74. The van der Waals surface area contributed by atoms with Crippen molar-refractivity contribution >= 4 is 21.4 Å². The van der Waals surface area contributed by atoms with Gasteiger partial charge < -0.3 is 10.1 Å². The van der Waals surface area contributed by atoms with Gasteiger partial charge in [-0.2, -0.15) is 0 Å². The van der Waals surface area contributed by atoms with E-state index in [0.29, 0.717) is 18.2 Å². The molecule has 170 valence electrons. The number of sulfonamides is 1. The van der Waals surface area contributed by atoms with E-state index in [1.807, 2.05) is 25.1 Å². The van der Waals surface area contributed by atoms with Gasteiger partial charge in [0.1, 0.15) is 11.6 Å². The molecule has 2 aliphatic rings. The predicted molar refractivity (Wildman–Crippen MR) is 128 cm³/mol. The molecule has 3 atom stereocenters. The van der Waals surface area contributed by atoms with Crippen LogP contribution in [0.25, 0.3) is 0 Å². The Morgan fingerprint density at radius 3 is 2.55 bits per heavy atom. The summed E-state index contributed by atoms with van der Waals surface area (Å²) in [4.78, 5) is 0.186. The molecule has 3 aromatic carbocycles. The van der Waals surface area contributed by atoms with Crippen molar-refractivity contribution < 1.29 is 17.5 Å². The highest BCUT2D eigenvalue weighted by Gasteiger charge is 2.38. The Morgan fingerprint density at radius 2 is 1.82 bits per heavy atom. The van der Waals surface area contributed by atoms with Crippen LogP contribution in [0.5, 0.6) is 5.75 Å². The van der Waals surface area contributed by atoms with Crippen molar-refractivity contribution in [2.45, 2.75) is 30.2 Å². The molecule has 7 heteroatoms. The quantitative estimate of drug-likeness (QED) is 0.449. The topological polar surface area (TPSA) is 67.4 Å². The van der Waals surface area contributed by atoms with E-state index in [1.165, 1.54) is 29.8 Å². The van der Waals surface area contributed by atoms with Crippen molar-refractivity contribution in [1.82, 2.24) is 0 Å². The number of hydrogen-bond donors (Lipinski definition) is 2. The van der Waals surface area contributed by atoms with Gasteiger partial charge in [-0.1, -0.05) is 24.3 Å². The van der Waals surface area contributed by atoms with Gasteiger partial charge in [-0.15, -0.1) is 0 Å². The molecule has 2 N–H and O–H groups in total. The predicted octanol–water partition coefficient (Wildman–Crippen LogP) is 5.85. The van der Waals surface area contributed by atoms with Crippen molar-refractivity contribution in [2.24, 2.45) is 5.92 Å². The van der Waals surface area contributed by atoms with Crippen LogP contribution in [0.3, 0.4) is 0 Å². The summed E-state index contributed by atoms with van der Waals surface area (Å²) in [5.41, 5.74) is 3.40. The van der Waals surface area contributed by atoms with Crippen molar-refractivity contribution in [1.29, 1.82) is 0 Å². The first kappa shape index (κ1) is 21.5. The van der Waals surface area contributed by atoms with E-state index in [9.17, 15) is 12.8 Å². The Morgan fingerprint density at radius 1 is 1.06 bits per heavy atom. The summed E-state index contributed by atoms with van der Waals surface area (Å²) >= 11 is 0. The molecule has 5 rings (SSSR count). The van der Waals surface area contributed by atoms with Gasteiger partial charge in [-0.25, -0.2) is 12.8 Å². The molecular formula is C26H25FN2O3S. The third-order valence-electron chi connectivity index (χ3n) is 6.29. The monoisotopic (exact) mass is 464 g/mol. The average Bonchev–Trinajstić information content (AvgIpc) is 3.31. The Kier molecular flexibility index (Phi) is 5.58. The van der Waals surface area contributed by atoms with Gasteiger partial charge in [-0.05, 0) is 85.0 Å². The van der Waals surface area contributed by atoms with Crippen LogP contribution in [0.1, 0.15) is 36.4 Å². The second kappa shape index (κ2) is 8.56. The summed E-state index contributed by atoms with van der Waals surface area (Å²) < 4.78 is 47.2. The zero-order valence-electron chi connectivity index (χ0n) is 18.2. The van der Waals surface area contributed by atoms with Gasteiger partial charge in [0.25, 0.3) is 10.0 Å². The van der Waals surface area contributed by atoms with Crippen LogP contribution in [-0.4, -0.2) is 15.0 Å². The molecule has 1 aliphatic carbocycles. The van der Waals surface area contributed by atoms with Gasteiger partial charge >= 0.3 is 0 Å². The average molecular weight is 465 g/mol. The number of halogens is 1. The lowest BCUT2D eigenvalue weighted by molar-refractivity contribution is 0.340. The van der Waals surface area contributed by atoms with Crippen LogP contribution in [0, 0.1) is 11.7 Å². The lowest BCUT2D eigenvalue weighted by Gasteiger charge is -2.37. The van der Waals surface area contributed by atoms with Crippen LogP contribution in [0.15, 0.2) is 83.8 Å². The van der Waals surface area contributed by atoms with Gasteiger partial charge in [0.05, 0.1) is 17.5 Å². The van der Waals surface area contributed by atoms with Crippen molar-refractivity contribution in [3.63, 3.8) is 0 Å². The summed E-state index contributed by atoms with van der Waals surface area (Å²) in [6.45, 7) is 2.59. The first-order chi connectivity index (χ1) is 15.9. The van der Waals surface area contributed by atoms with Gasteiger partial charge in [0.15, 0.2) is 0 Å². The van der Waals surface area contributed by atoms with Crippen molar-refractivity contribution in [3.8, 4) is 5.75 Å². The largest absolute Gasteiger partial charge is 0.494 e. The maximum Gasteiger partial charge on any atom is 0.261 e. The number of rotatable bonds is 6. The SMILES string of the molecule is CCOc1ccc([C@H]2Nc3ccc(S(=O)(=O)Nc4ccc(F)cc4)cc3[C@H]3C=CC[C@H]32)cc1. The Hall–Kier alpha value is -3.32. The van der Waals surface area contributed by atoms with Crippen molar-refractivity contribution in [2.75, 3.05) is 16.6 Å². The van der Waals surface area contributed by atoms with Gasteiger partial charge in [0.2, 0.25) is 0 Å². The minimum Gasteiger partial charge on any atom is -0.494 e. The van der Waals surface area contributed by atoms with Gasteiger partial charge in [0, 0.05) is 17.3 Å². The molecule has 33 heavy (non-hydrogen) atoms. The maximum atomic E-state index is 13.2. The minimum atomic E-state index is -3.80. The van der Waals surface area contributed by atoms with Crippen LogP contribution in [-0.2, 0) is 10.0 Å². The maximum absolute atomic E-state index is 13.2. The van der Waals surface area contributed by atoms with Crippen LogP contribution in [0.4, 0.5) is 15.8 Å². The molecule has 1 heterocycles. The molecule has 0 aromatic heterocycles. The Bertz CT molecular complexity index is 1290. The minimum absolute atomic E-state index is 0.118. The first-order valence-corrected chi connectivity index (χ1v) is 12.5. The number of allylic oxidation sites excluding steroid dienone is 2. The molecule has 0 saturated carbocycles. The summed E-state index contributed by atoms with van der Waals surface area (Å²) in [7, 11) is -3.80. The van der Waals surface area contributed by atoms with Crippen molar-refractivity contribution in [3.05, 3.63) is 95.8 Å². The summed E-state index contributed by atoms with van der Waals surface area (Å²) in [5.74, 6) is 0.846. The lowest BCUT2D eigenvalue weighted by Crippen LogP contribution is -2.29. The number of ether oxygens (including phenoxy) is 1. The molecule has 0 fully saturated rings. The van der Waals surface area contributed by atoms with E-state index in [1.54, 1.807) is 12.1 Å². The van der Waals surface area contributed by atoms with E-state index in [0.717, 1.165) is 23.4 Å². The summed E-state index contributed by atoms with van der Waals surface area (Å²) in [6, 6.07) is 18.7. The zero-order valence-corrected chi connectivity index (χ0v) is 19.0. The molecular weight excluding hydrogens is 439 g/mol. The van der Waals surface area contributed by atoms with E-state index >= 15 is 0 Å². The molecule has 0 saturated heterocycles. The van der Waals surface area contributed by atoms with Crippen LogP contribution >= 0.6 is 0 Å². The number of anilines is 2. The number of benzene rings is 3. The fraction of sp³-hybridized carbons (Fsp3) is 0.231. The molecule has 0 radical (unpaired) electrons. The molecule has 3 aromatic rings. The van der Waals surface area contributed by atoms with E-state index in [-0.39, 0.29) is 16.9 Å². The summed E-state index contributed by atoms with van der Waals surface area (Å²) in [5, 5.41) is 3.63. The molecule has 0 spiro atoms. The highest BCUT2D eigenvalue weighted by atomic mass is 32.2. The zero-order chi connectivity index (χ0) is 23.0. The van der Waals surface area contributed by atoms with Gasteiger partial charge in [-0.3, -0.25) is 4.72 Å². The van der Waals surface area contributed by atoms with Crippen LogP contribution in [0.2, 0.25) is 0 Å². The molecule has 1 aliphatic heterocycles. The first-order valence-electron chi connectivity index (χ1n) is 11.0. The number of hydrogen-bond acceptors (Lipinski definition) is 4. The summed E-state index contributed by atoms with van der Waals surface area (Å²) in [6.07, 6.45) is 5.26. The smallest absolute Gasteiger partial charge is 0.261 e. The standard InChI is InChI=1S/C26H25FN2O3S/c1-2-32-20-12-6-17(7-13-20)26-23-5-3-4-22(23)24-16-21(14-15-25(24)28-26)33(30,31)29-19-10-8-18(27)9-11-19/h3-4,6-16,22-23,26,28-29H,2,5H2,1H3/t22-,23+,26+/m0/s1. The van der Waals surface area contributed by atoms with E-state index < -0.39 is 15.8 Å². The molecule has 5 nitrogen and oxygen atoms in total. The second-order valence-electron chi connectivity index (χ2n) is 8.34. The van der Waals surface area contributed by atoms with E-state index in [2.05, 4.69) is 34.3 Å². The lowest BCUT2D eigenvalue weighted by atomic mass is 9.77. The molecule has 0 bridgehead atoms. The Balaban J connectivity index is 1.44. The number of fused-ring (bicyclic) bond motifs is 3. The molecule has 0 unspecified atom stereocenters. The fourth-order valence-corrected chi connectivity index (χ4v) is 5.83. The highest BCUT2D eigenvalue weighted by Crippen LogP contribution is 2.50.